The van der Waals surface area contributed by atoms with Gasteiger partial charge in [0.2, 0.25) is 0 Å². The first kappa shape index (κ1) is 19.5. The van der Waals surface area contributed by atoms with Crippen molar-refractivity contribution in [1.29, 1.82) is 0 Å². The lowest BCUT2D eigenvalue weighted by molar-refractivity contribution is 0.537. The number of rotatable bonds is 5. The van der Waals surface area contributed by atoms with Crippen LogP contribution in [0.25, 0.3) is 0 Å². The van der Waals surface area contributed by atoms with Crippen LogP contribution in [0.4, 0.5) is 0 Å². The van der Waals surface area contributed by atoms with Crippen LogP contribution >= 0.6 is 35.6 Å². The fourth-order valence-corrected chi connectivity index (χ4v) is 2.27. The highest BCUT2D eigenvalue weighted by molar-refractivity contribution is 14.0. The predicted molar refractivity (Wildman–Crippen MR) is 99.5 cm³/mol. The van der Waals surface area contributed by atoms with E-state index in [4.69, 9.17) is 11.6 Å². The van der Waals surface area contributed by atoms with Gasteiger partial charge in [-0.05, 0) is 25.5 Å². The Morgan fingerprint density at radius 2 is 1.70 bits per heavy atom. The highest BCUT2D eigenvalue weighted by atomic mass is 127. The quantitative estimate of drug-likeness (QED) is 0.441. The molecule has 1 aromatic carbocycles. The molecule has 0 atom stereocenters. The molecule has 3 nitrogen and oxygen atoms in total. The van der Waals surface area contributed by atoms with Gasteiger partial charge < -0.3 is 10.6 Å². The minimum atomic E-state index is -0.0889. The molecule has 20 heavy (non-hydrogen) atoms. The zero-order valence-electron chi connectivity index (χ0n) is 12.7. The topological polar surface area (TPSA) is 36.4 Å². The minimum absolute atomic E-state index is 0. The third kappa shape index (κ3) is 5.87. The number of nitrogens with zero attached hydrogens (tertiary/aromatic N) is 1. The molecule has 0 saturated carbocycles. The summed E-state index contributed by atoms with van der Waals surface area (Å²) < 4.78 is 0. The number of benzene rings is 1. The van der Waals surface area contributed by atoms with Crippen LogP contribution in [-0.2, 0) is 5.41 Å². The maximum atomic E-state index is 6.27. The van der Waals surface area contributed by atoms with Gasteiger partial charge in [-0.2, -0.15) is 0 Å². The summed E-state index contributed by atoms with van der Waals surface area (Å²) in [5.74, 6) is 0.852. The van der Waals surface area contributed by atoms with Gasteiger partial charge >= 0.3 is 0 Å². The van der Waals surface area contributed by atoms with Crippen LogP contribution in [0.5, 0.6) is 0 Å². The molecule has 0 aromatic heterocycles. The summed E-state index contributed by atoms with van der Waals surface area (Å²) >= 11 is 6.27. The van der Waals surface area contributed by atoms with E-state index in [1.807, 2.05) is 18.2 Å². The molecule has 0 fully saturated rings. The van der Waals surface area contributed by atoms with E-state index < -0.39 is 0 Å². The van der Waals surface area contributed by atoms with Crippen LogP contribution in [0, 0.1) is 0 Å². The lowest BCUT2D eigenvalue weighted by atomic mass is 9.85. The van der Waals surface area contributed by atoms with E-state index in [0.29, 0.717) is 6.54 Å². The van der Waals surface area contributed by atoms with Crippen LogP contribution in [0.1, 0.15) is 33.3 Å². The summed E-state index contributed by atoms with van der Waals surface area (Å²) in [4.78, 5) is 4.63. The summed E-state index contributed by atoms with van der Waals surface area (Å²) in [5.41, 5.74) is 1.04. The predicted octanol–water partition coefficient (Wildman–Crippen LogP) is 3.81. The Morgan fingerprint density at radius 1 is 1.15 bits per heavy atom. The van der Waals surface area contributed by atoms with Gasteiger partial charge in [-0.15, -0.1) is 24.0 Å². The summed E-state index contributed by atoms with van der Waals surface area (Å²) in [7, 11) is 0. The molecule has 0 aliphatic heterocycles. The molecule has 114 valence electrons. The van der Waals surface area contributed by atoms with Crippen molar-refractivity contribution in [3.63, 3.8) is 0 Å². The maximum Gasteiger partial charge on any atom is 0.191 e. The third-order valence-corrected chi connectivity index (χ3v) is 3.25. The minimum Gasteiger partial charge on any atom is -0.357 e. The average Bonchev–Trinajstić information content (AvgIpc) is 2.37. The number of hydrogen-bond donors (Lipinski definition) is 2. The molecule has 0 unspecified atom stereocenters. The van der Waals surface area contributed by atoms with E-state index in [0.717, 1.165) is 29.6 Å². The van der Waals surface area contributed by atoms with Crippen molar-refractivity contribution < 1.29 is 0 Å². The molecule has 0 bridgehead atoms. The Balaban J connectivity index is 0.00000361. The second kappa shape index (κ2) is 9.45. The van der Waals surface area contributed by atoms with Crippen molar-refractivity contribution in [3.05, 3.63) is 34.9 Å². The van der Waals surface area contributed by atoms with E-state index in [-0.39, 0.29) is 29.4 Å². The van der Waals surface area contributed by atoms with Gasteiger partial charge in [-0.25, -0.2) is 0 Å². The zero-order valence-corrected chi connectivity index (χ0v) is 15.8. The first-order valence-electron chi connectivity index (χ1n) is 6.78. The van der Waals surface area contributed by atoms with Crippen molar-refractivity contribution in [1.82, 2.24) is 10.6 Å². The Morgan fingerprint density at radius 3 is 2.20 bits per heavy atom. The van der Waals surface area contributed by atoms with Gasteiger partial charge in [0.1, 0.15) is 0 Å². The molecule has 0 spiro atoms. The Kier molecular flexibility index (Phi) is 9.22. The fraction of sp³-hybridized carbons (Fsp3) is 0.533. The van der Waals surface area contributed by atoms with E-state index in [1.165, 1.54) is 0 Å². The van der Waals surface area contributed by atoms with Gasteiger partial charge in [0.05, 0.1) is 6.54 Å². The molecule has 0 amide bonds. The monoisotopic (exact) mass is 409 g/mol. The van der Waals surface area contributed by atoms with Gasteiger partial charge in [-0.3, -0.25) is 4.99 Å². The first-order chi connectivity index (χ1) is 9.01. The molecule has 2 N–H and O–H groups in total. The Bertz CT molecular complexity index is 425. The molecule has 0 aliphatic rings. The van der Waals surface area contributed by atoms with Gasteiger partial charge in [0.25, 0.3) is 0 Å². The lowest BCUT2D eigenvalue weighted by Gasteiger charge is -2.25. The van der Waals surface area contributed by atoms with Crippen molar-refractivity contribution >= 4 is 41.5 Å². The van der Waals surface area contributed by atoms with Crippen LogP contribution in [0.2, 0.25) is 5.02 Å². The standard InChI is InChI=1S/C15H24ClN3.HI/c1-5-17-14(18-6-2)19-11-15(3,4)12-9-7-8-10-13(12)16;/h7-10H,5-6,11H2,1-4H3,(H2,17,18,19);1H. The second-order valence-corrected chi connectivity index (χ2v) is 5.50. The number of aliphatic imine (C=N–C) groups is 1. The van der Waals surface area contributed by atoms with Crippen molar-refractivity contribution in [2.24, 2.45) is 4.99 Å². The van der Waals surface area contributed by atoms with Crippen LogP contribution in [-0.4, -0.2) is 25.6 Å². The van der Waals surface area contributed by atoms with E-state index in [2.05, 4.69) is 49.4 Å². The molecule has 5 heteroatoms. The van der Waals surface area contributed by atoms with Crippen LogP contribution in [0.15, 0.2) is 29.3 Å². The van der Waals surface area contributed by atoms with E-state index >= 15 is 0 Å². The number of halogens is 2. The number of nitrogens with one attached hydrogen (secondary N) is 2. The van der Waals surface area contributed by atoms with E-state index in [1.54, 1.807) is 0 Å². The van der Waals surface area contributed by atoms with Crippen LogP contribution in [0.3, 0.4) is 0 Å². The van der Waals surface area contributed by atoms with E-state index in [9.17, 15) is 0 Å². The van der Waals surface area contributed by atoms with Crippen LogP contribution < -0.4 is 10.6 Å². The number of hydrogen-bond acceptors (Lipinski definition) is 1. The maximum absolute atomic E-state index is 6.27. The first-order valence-corrected chi connectivity index (χ1v) is 7.16. The summed E-state index contributed by atoms with van der Waals surface area (Å²) in [5, 5.41) is 7.26. The largest absolute Gasteiger partial charge is 0.357 e. The molecular weight excluding hydrogens is 385 g/mol. The molecule has 0 saturated heterocycles. The highest BCUT2D eigenvalue weighted by Crippen LogP contribution is 2.29. The fourth-order valence-electron chi connectivity index (χ4n) is 1.88. The summed E-state index contributed by atoms with van der Waals surface area (Å²) in [6.45, 7) is 10.8. The SMILES string of the molecule is CCNC(=NCC(C)(C)c1ccccc1Cl)NCC.I. The van der Waals surface area contributed by atoms with Gasteiger partial charge in [0, 0.05) is 23.5 Å². The van der Waals surface area contributed by atoms with Gasteiger partial charge in [-0.1, -0.05) is 43.6 Å². The average molecular weight is 410 g/mol. The van der Waals surface area contributed by atoms with Gasteiger partial charge in [0.15, 0.2) is 5.96 Å². The summed E-state index contributed by atoms with van der Waals surface area (Å²) in [6.07, 6.45) is 0. The molecule has 0 aliphatic carbocycles. The summed E-state index contributed by atoms with van der Waals surface area (Å²) in [6, 6.07) is 7.96. The molecule has 1 aromatic rings. The van der Waals surface area contributed by atoms with Crippen molar-refractivity contribution in [3.8, 4) is 0 Å². The Hall–Kier alpha value is -0.490. The molecular formula is C15H25ClIN3. The molecule has 1 rings (SSSR count). The second-order valence-electron chi connectivity index (χ2n) is 5.09. The zero-order chi connectivity index (χ0) is 14.3. The highest BCUT2D eigenvalue weighted by Gasteiger charge is 2.22. The molecule has 0 heterocycles. The smallest absolute Gasteiger partial charge is 0.191 e. The lowest BCUT2D eigenvalue weighted by Crippen LogP contribution is -2.38. The normalized spacial score (nSPS) is 10.4. The van der Waals surface area contributed by atoms with Crippen molar-refractivity contribution in [2.75, 3.05) is 19.6 Å². The van der Waals surface area contributed by atoms with Crippen molar-refractivity contribution in [2.45, 2.75) is 33.1 Å². The Labute approximate surface area is 144 Å². The molecule has 0 radical (unpaired) electrons. The number of guanidine groups is 1. The third-order valence-electron chi connectivity index (χ3n) is 2.92.